The Morgan fingerprint density at radius 2 is 2.07 bits per heavy atom. The molecule has 0 bridgehead atoms. The van der Waals surface area contributed by atoms with E-state index in [2.05, 4.69) is 11.2 Å². The Balaban J connectivity index is 4.25. The van der Waals surface area contributed by atoms with E-state index in [4.69, 9.17) is 16.3 Å². The number of rotatable bonds is 4. The van der Waals surface area contributed by atoms with Gasteiger partial charge in [-0.05, 0) is 20.8 Å². The van der Waals surface area contributed by atoms with Gasteiger partial charge in [-0.3, -0.25) is 10.1 Å². The van der Waals surface area contributed by atoms with E-state index in [9.17, 15) is 9.59 Å². The van der Waals surface area contributed by atoms with E-state index in [-0.39, 0.29) is 6.54 Å². The van der Waals surface area contributed by atoms with Crippen LogP contribution in [-0.2, 0) is 14.3 Å². The molecule has 0 aromatic heterocycles. The molecule has 0 aromatic carbocycles. The van der Waals surface area contributed by atoms with Crippen molar-refractivity contribution in [3.8, 4) is 12.3 Å². The van der Waals surface area contributed by atoms with E-state index < -0.39 is 23.6 Å². The number of carboxylic acid groups (broad SMARTS) is 1. The highest BCUT2D eigenvalue weighted by Crippen LogP contribution is 2.08. The minimum absolute atomic E-state index is 0.381. The van der Waals surface area contributed by atoms with E-state index in [1.54, 1.807) is 20.8 Å². The van der Waals surface area contributed by atoms with Gasteiger partial charge in [-0.25, -0.2) is 4.79 Å². The lowest BCUT2D eigenvalue weighted by Gasteiger charge is -2.21. The van der Waals surface area contributed by atoms with Gasteiger partial charge in [0.25, 0.3) is 0 Å². The monoisotopic (exact) mass is 213 g/mol. The lowest BCUT2D eigenvalue weighted by atomic mass is 10.2. The predicted molar refractivity (Wildman–Crippen MR) is 54.1 cm³/mol. The summed E-state index contributed by atoms with van der Waals surface area (Å²) in [6.45, 7) is 4.73. The van der Waals surface area contributed by atoms with Crippen molar-refractivity contribution < 1.29 is 19.4 Å². The lowest BCUT2D eigenvalue weighted by Crippen LogP contribution is -2.42. The van der Waals surface area contributed by atoms with Gasteiger partial charge in [0, 0.05) is 0 Å². The second kappa shape index (κ2) is 5.37. The number of hydrogen-bond acceptors (Lipinski definition) is 4. The minimum Gasteiger partial charge on any atom is -0.480 e. The summed E-state index contributed by atoms with van der Waals surface area (Å²) in [6, 6.07) is -1.03. The highest BCUT2D eigenvalue weighted by Gasteiger charge is 2.23. The Hall–Kier alpha value is -1.54. The van der Waals surface area contributed by atoms with E-state index in [1.807, 2.05) is 0 Å². The number of carbonyl (C=O) groups is 2. The van der Waals surface area contributed by atoms with Crippen molar-refractivity contribution in [2.24, 2.45) is 0 Å². The molecule has 0 radical (unpaired) electrons. The molecule has 0 aliphatic heterocycles. The highest BCUT2D eigenvalue weighted by atomic mass is 16.6. The molecule has 15 heavy (non-hydrogen) atoms. The van der Waals surface area contributed by atoms with Gasteiger partial charge in [-0.15, -0.1) is 6.42 Å². The smallest absolute Gasteiger partial charge is 0.336 e. The van der Waals surface area contributed by atoms with Gasteiger partial charge in [0.15, 0.2) is 6.04 Å². The highest BCUT2D eigenvalue weighted by molar-refractivity contribution is 5.80. The molecule has 0 amide bonds. The van der Waals surface area contributed by atoms with E-state index in [1.165, 1.54) is 0 Å². The summed E-state index contributed by atoms with van der Waals surface area (Å²) in [7, 11) is 0. The first-order valence-electron chi connectivity index (χ1n) is 4.40. The van der Waals surface area contributed by atoms with Gasteiger partial charge in [-0.1, -0.05) is 5.92 Å². The summed E-state index contributed by atoms with van der Waals surface area (Å²) in [5, 5.41) is 10.8. The molecule has 0 fully saturated rings. The molecule has 0 aliphatic carbocycles. The summed E-state index contributed by atoms with van der Waals surface area (Å²) >= 11 is 0. The molecule has 84 valence electrons. The SMILES string of the molecule is C#C[C@@H](NCC(=O)O)C(=O)OC(C)(C)C. The molecule has 0 spiro atoms. The molecule has 0 rings (SSSR count). The van der Waals surface area contributed by atoms with E-state index in [0.717, 1.165) is 0 Å². The van der Waals surface area contributed by atoms with Crippen molar-refractivity contribution in [1.29, 1.82) is 0 Å². The third-order valence-corrected chi connectivity index (χ3v) is 1.27. The second-order valence-electron chi connectivity index (χ2n) is 3.91. The normalized spacial score (nSPS) is 12.7. The number of terminal acetylenes is 1. The predicted octanol–water partition coefficient (Wildman–Crippen LogP) is 0.00410. The summed E-state index contributed by atoms with van der Waals surface area (Å²) < 4.78 is 4.99. The maximum atomic E-state index is 11.4. The van der Waals surface area contributed by atoms with E-state index >= 15 is 0 Å². The van der Waals surface area contributed by atoms with Gasteiger partial charge in [0.1, 0.15) is 5.60 Å². The number of aliphatic carboxylic acids is 1. The average Bonchev–Trinajstić information content (AvgIpc) is 2.01. The van der Waals surface area contributed by atoms with Crippen LogP contribution >= 0.6 is 0 Å². The van der Waals surface area contributed by atoms with Crippen LogP contribution in [-0.4, -0.2) is 35.2 Å². The van der Waals surface area contributed by atoms with Crippen LogP contribution in [0.4, 0.5) is 0 Å². The first kappa shape index (κ1) is 13.5. The van der Waals surface area contributed by atoms with Crippen molar-refractivity contribution in [1.82, 2.24) is 5.32 Å². The van der Waals surface area contributed by atoms with Gasteiger partial charge < -0.3 is 9.84 Å². The minimum atomic E-state index is -1.08. The lowest BCUT2D eigenvalue weighted by molar-refractivity contribution is -0.155. The van der Waals surface area contributed by atoms with Gasteiger partial charge >= 0.3 is 11.9 Å². The number of nitrogens with one attached hydrogen (secondary N) is 1. The quantitative estimate of drug-likeness (QED) is 0.508. The number of hydrogen-bond donors (Lipinski definition) is 2. The van der Waals surface area contributed by atoms with E-state index in [0.29, 0.717) is 0 Å². The van der Waals surface area contributed by atoms with Crippen LogP contribution in [0.5, 0.6) is 0 Å². The number of esters is 1. The molecule has 5 heteroatoms. The molecule has 0 heterocycles. The molecule has 0 saturated carbocycles. The number of carbonyl (C=O) groups excluding carboxylic acids is 1. The van der Waals surface area contributed by atoms with Crippen LogP contribution in [0, 0.1) is 12.3 Å². The summed E-state index contributed by atoms with van der Waals surface area (Å²) in [5.41, 5.74) is -0.642. The number of carboxylic acids is 1. The molecule has 1 atom stereocenters. The fraction of sp³-hybridized carbons (Fsp3) is 0.600. The Bertz CT molecular complexity index is 285. The van der Waals surface area contributed by atoms with Crippen molar-refractivity contribution in [2.45, 2.75) is 32.4 Å². The molecule has 5 nitrogen and oxygen atoms in total. The van der Waals surface area contributed by atoms with Crippen LogP contribution in [0.1, 0.15) is 20.8 Å². The zero-order chi connectivity index (χ0) is 12.1. The Morgan fingerprint density at radius 3 is 2.40 bits per heavy atom. The fourth-order valence-electron chi connectivity index (χ4n) is 0.760. The molecular weight excluding hydrogens is 198 g/mol. The molecule has 2 N–H and O–H groups in total. The van der Waals surface area contributed by atoms with Crippen LogP contribution in [0.15, 0.2) is 0 Å². The van der Waals surface area contributed by atoms with Crippen LogP contribution < -0.4 is 5.32 Å². The Kier molecular flexibility index (Phi) is 4.82. The topological polar surface area (TPSA) is 75.6 Å². The first-order valence-corrected chi connectivity index (χ1v) is 4.40. The molecule has 0 aromatic rings. The molecule has 0 unspecified atom stereocenters. The molecule has 0 saturated heterocycles. The summed E-state index contributed by atoms with van der Waals surface area (Å²) in [6.07, 6.45) is 5.07. The van der Waals surface area contributed by atoms with Crippen LogP contribution in [0.2, 0.25) is 0 Å². The van der Waals surface area contributed by atoms with Crippen LogP contribution in [0.3, 0.4) is 0 Å². The van der Waals surface area contributed by atoms with Gasteiger partial charge in [0.2, 0.25) is 0 Å². The zero-order valence-corrected chi connectivity index (χ0v) is 9.03. The van der Waals surface area contributed by atoms with Crippen molar-refractivity contribution in [2.75, 3.05) is 6.54 Å². The van der Waals surface area contributed by atoms with Crippen molar-refractivity contribution in [3.63, 3.8) is 0 Å². The maximum absolute atomic E-state index is 11.4. The standard InChI is InChI=1S/C10H15NO4/c1-5-7(11-6-8(12)13)9(14)15-10(2,3)4/h1,7,11H,6H2,2-4H3,(H,12,13)/t7-/m1/s1. The maximum Gasteiger partial charge on any atom is 0.336 e. The summed E-state index contributed by atoms with van der Waals surface area (Å²) in [5.74, 6) is 0.399. The Morgan fingerprint density at radius 1 is 1.53 bits per heavy atom. The third kappa shape index (κ3) is 6.52. The fourth-order valence-corrected chi connectivity index (χ4v) is 0.760. The first-order chi connectivity index (χ1) is 6.76. The zero-order valence-electron chi connectivity index (χ0n) is 9.03. The third-order valence-electron chi connectivity index (χ3n) is 1.27. The van der Waals surface area contributed by atoms with Gasteiger partial charge in [0.05, 0.1) is 6.54 Å². The molecular formula is C10H15NO4. The number of ether oxygens (including phenoxy) is 1. The van der Waals surface area contributed by atoms with Gasteiger partial charge in [-0.2, -0.15) is 0 Å². The Labute approximate surface area is 88.8 Å². The van der Waals surface area contributed by atoms with Crippen molar-refractivity contribution >= 4 is 11.9 Å². The largest absolute Gasteiger partial charge is 0.480 e. The summed E-state index contributed by atoms with van der Waals surface area (Å²) in [4.78, 5) is 21.6. The second-order valence-corrected chi connectivity index (χ2v) is 3.91. The molecule has 0 aliphatic rings. The van der Waals surface area contributed by atoms with Crippen molar-refractivity contribution in [3.05, 3.63) is 0 Å². The van der Waals surface area contributed by atoms with Crippen LogP contribution in [0.25, 0.3) is 0 Å². The average molecular weight is 213 g/mol.